The monoisotopic (exact) mass is 612 g/mol. The Kier molecular flexibility index (Phi) is 7.60. The van der Waals surface area contributed by atoms with Crippen molar-refractivity contribution in [3.63, 3.8) is 0 Å². The van der Waals surface area contributed by atoms with Gasteiger partial charge in [-0.15, -0.1) is 11.3 Å². The predicted octanol–water partition coefficient (Wildman–Crippen LogP) is 7.93. The van der Waals surface area contributed by atoms with Gasteiger partial charge in [0.1, 0.15) is 41.3 Å². The number of imidazole rings is 1. The summed E-state index contributed by atoms with van der Waals surface area (Å²) in [6.45, 7) is 2.20. The molecule has 5 rings (SSSR count). The topological polar surface area (TPSA) is 82.8 Å². The quantitative estimate of drug-likeness (QED) is 0.182. The van der Waals surface area contributed by atoms with Gasteiger partial charge >= 0.3 is 5.97 Å². The lowest BCUT2D eigenvalue weighted by Crippen LogP contribution is -2.06. The van der Waals surface area contributed by atoms with Crippen molar-refractivity contribution < 1.29 is 24.1 Å². The van der Waals surface area contributed by atoms with Gasteiger partial charge in [-0.05, 0) is 52.7 Å². The van der Waals surface area contributed by atoms with Gasteiger partial charge in [0.05, 0.1) is 22.6 Å². The number of aromatic carboxylic acids is 1. The molecule has 1 N–H and O–H groups in total. The van der Waals surface area contributed by atoms with Crippen molar-refractivity contribution in [3.05, 3.63) is 98.6 Å². The van der Waals surface area contributed by atoms with Crippen LogP contribution in [0.1, 0.15) is 33.8 Å². The first-order valence-electron chi connectivity index (χ1n) is 11.5. The number of aromatic nitrogens is 2. The van der Waals surface area contributed by atoms with E-state index in [1.165, 1.54) is 0 Å². The Balaban J connectivity index is 1.45. The standard InChI is InChI=1S/C28H22BrClN2O5S/c1-16(19-5-3-4-6-21(19)30)37-25-13-26(38-27(25)28(33)34)32-15-31-22-11-20(29)24(12-23(22)32)36-14-17-7-9-18(35-2)10-8-17/h3-13,15-16H,14H2,1-2H3,(H,33,34)/t16-/m1/s1. The lowest BCUT2D eigenvalue weighted by molar-refractivity contribution is 0.0696. The lowest BCUT2D eigenvalue weighted by Gasteiger charge is -2.15. The highest BCUT2D eigenvalue weighted by atomic mass is 79.9. The van der Waals surface area contributed by atoms with E-state index in [1.807, 2.05) is 66.1 Å². The average molecular weight is 614 g/mol. The Morgan fingerprint density at radius 2 is 1.89 bits per heavy atom. The van der Waals surface area contributed by atoms with Gasteiger partial charge < -0.3 is 19.3 Å². The number of carboxylic acid groups (broad SMARTS) is 1. The third-order valence-electron chi connectivity index (χ3n) is 5.92. The Hall–Kier alpha value is -3.53. The maximum atomic E-state index is 12.1. The fraction of sp³-hybridized carbons (Fsp3) is 0.143. The predicted molar refractivity (Wildman–Crippen MR) is 151 cm³/mol. The second-order valence-corrected chi connectivity index (χ2v) is 10.7. The second-order valence-electron chi connectivity index (χ2n) is 8.39. The van der Waals surface area contributed by atoms with E-state index in [-0.39, 0.29) is 10.6 Å². The van der Waals surface area contributed by atoms with Crippen LogP contribution in [-0.4, -0.2) is 27.7 Å². The second kappa shape index (κ2) is 11.1. The van der Waals surface area contributed by atoms with Crippen molar-refractivity contribution in [2.75, 3.05) is 7.11 Å². The third kappa shape index (κ3) is 5.36. The van der Waals surface area contributed by atoms with E-state index in [2.05, 4.69) is 20.9 Å². The normalized spacial score (nSPS) is 11.9. The molecule has 2 aromatic heterocycles. The highest BCUT2D eigenvalue weighted by Crippen LogP contribution is 2.38. The molecule has 0 radical (unpaired) electrons. The number of methoxy groups -OCH3 is 1. The van der Waals surface area contributed by atoms with E-state index in [4.69, 9.17) is 25.8 Å². The van der Waals surface area contributed by atoms with Crippen LogP contribution in [-0.2, 0) is 6.61 Å². The van der Waals surface area contributed by atoms with E-state index in [0.29, 0.717) is 22.4 Å². The van der Waals surface area contributed by atoms with Gasteiger partial charge in [-0.25, -0.2) is 9.78 Å². The molecule has 0 unspecified atom stereocenters. The highest BCUT2D eigenvalue weighted by molar-refractivity contribution is 9.10. The molecule has 1 atom stereocenters. The van der Waals surface area contributed by atoms with Crippen LogP contribution in [0, 0.1) is 0 Å². The maximum Gasteiger partial charge on any atom is 0.349 e. The fourth-order valence-electron chi connectivity index (χ4n) is 3.96. The van der Waals surface area contributed by atoms with E-state index >= 15 is 0 Å². The molecule has 194 valence electrons. The molecule has 0 spiro atoms. The fourth-order valence-corrected chi connectivity index (χ4v) is 5.60. The van der Waals surface area contributed by atoms with E-state index in [9.17, 15) is 9.90 Å². The number of fused-ring (bicyclic) bond motifs is 1. The summed E-state index contributed by atoms with van der Waals surface area (Å²) < 4.78 is 20.0. The molecule has 0 fully saturated rings. The zero-order chi connectivity index (χ0) is 26.8. The number of hydrogen-bond acceptors (Lipinski definition) is 6. The lowest BCUT2D eigenvalue weighted by atomic mass is 10.1. The summed E-state index contributed by atoms with van der Waals surface area (Å²) in [5, 5.41) is 11.1. The average Bonchev–Trinajstić information content (AvgIpc) is 3.51. The molecule has 3 aromatic carbocycles. The molecule has 0 aliphatic carbocycles. The van der Waals surface area contributed by atoms with Crippen molar-refractivity contribution in [3.8, 4) is 22.2 Å². The molecule has 2 heterocycles. The highest BCUT2D eigenvalue weighted by Gasteiger charge is 2.22. The zero-order valence-electron chi connectivity index (χ0n) is 20.4. The van der Waals surface area contributed by atoms with Gasteiger partial charge in [-0.2, -0.15) is 0 Å². The Morgan fingerprint density at radius 1 is 1.13 bits per heavy atom. The third-order valence-corrected chi connectivity index (χ3v) is 7.99. The van der Waals surface area contributed by atoms with Crippen LogP contribution < -0.4 is 14.2 Å². The van der Waals surface area contributed by atoms with Crippen molar-refractivity contribution in [2.24, 2.45) is 0 Å². The summed E-state index contributed by atoms with van der Waals surface area (Å²) in [7, 11) is 1.63. The van der Waals surface area contributed by atoms with Crippen LogP contribution in [0.5, 0.6) is 17.2 Å². The zero-order valence-corrected chi connectivity index (χ0v) is 23.5. The van der Waals surface area contributed by atoms with Crippen LogP contribution in [0.3, 0.4) is 0 Å². The molecule has 0 saturated heterocycles. The minimum Gasteiger partial charge on any atom is -0.497 e. The van der Waals surface area contributed by atoms with Crippen LogP contribution in [0.25, 0.3) is 16.0 Å². The summed E-state index contributed by atoms with van der Waals surface area (Å²) in [6.07, 6.45) is 1.21. The Morgan fingerprint density at radius 3 is 2.61 bits per heavy atom. The molecular formula is C28H22BrClN2O5S. The first-order chi connectivity index (χ1) is 18.3. The van der Waals surface area contributed by atoms with Gasteiger partial charge in [0.15, 0.2) is 4.88 Å². The molecule has 5 aromatic rings. The van der Waals surface area contributed by atoms with Gasteiger partial charge in [0, 0.05) is 22.7 Å². The molecule has 0 aliphatic rings. The van der Waals surface area contributed by atoms with Crippen molar-refractivity contribution in [1.29, 1.82) is 0 Å². The summed E-state index contributed by atoms with van der Waals surface area (Å²) in [6, 6.07) is 20.4. The molecule has 0 bridgehead atoms. The summed E-state index contributed by atoms with van der Waals surface area (Å²) in [4.78, 5) is 16.7. The number of benzene rings is 3. The molecule has 0 amide bonds. The van der Waals surface area contributed by atoms with E-state index in [0.717, 1.165) is 43.7 Å². The van der Waals surface area contributed by atoms with Gasteiger partial charge in [0.2, 0.25) is 0 Å². The molecule has 0 saturated carbocycles. The maximum absolute atomic E-state index is 12.1. The summed E-state index contributed by atoms with van der Waals surface area (Å²) >= 11 is 11.0. The van der Waals surface area contributed by atoms with Gasteiger partial charge in [0.25, 0.3) is 0 Å². The first kappa shape index (κ1) is 26.1. The van der Waals surface area contributed by atoms with E-state index < -0.39 is 12.1 Å². The Bertz CT molecular complexity index is 1620. The molecule has 38 heavy (non-hydrogen) atoms. The SMILES string of the molecule is COc1ccc(COc2cc3c(cc2Br)ncn3-c2cc(O[C@H](C)c3ccccc3Cl)c(C(=O)O)s2)cc1. The number of hydrogen-bond donors (Lipinski definition) is 1. The molecular weight excluding hydrogens is 592 g/mol. The number of ether oxygens (including phenoxy) is 3. The number of carbonyl (C=O) groups is 1. The van der Waals surface area contributed by atoms with Gasteiger partial charge in [-0.1, -0.05) is 41.9 Å². The minimum atomic E-state index is -1.07. The van der Waals surface area contributed by atoms with Gasteiger partial charge in [-0.3, -0.25) is 4.57 Å². The number of halogens is 2. The van der Waals surface area contributed by atoms with E-state index in [1.54, 1.807) is 25.6 Å². The number of nitrogens with zero attached hydrogens (tertiary/aromatic N) is 2. The van der Waals surface area contributed by atoms with Crippen LogP contribution in [0.2, 0.25) is 5.02 Å². The number of rotatable bonds is 9. The summed E-state index contributed by atoms with van der Waals surface area (Å²) in [5.74, 6) is 0.605. The van der Waals surface area contributed by atoms with Crippen molar-refractivity contribution in [2.45, 2.75) is 19.6 Å². The number of thiophene rings is 1. The number of carboxylic acids is 1. The first-order valence-corrected chi connectivity index (χ1v) is 13.5. The van der Waals surface area contributed by atoms with Crippen LogP contribution in [0.15, 0.2) is 77.5 Å². The minimum absolute atomic E-state index is 0.0915. The van der Waals surface area contributed by atoms with Crippen LogP contribution in [0.4, 0.5) is 0 Å². The molecule has 0 aliphatic heterocycles. The molecule has 10 heteroatoms. The van der Waals surface area contributed by atoms with Crippen molar-refractivity contribution >= 4 is 55.9 Å². The van der Waals surface area contributed by atoms with Crippen LogP contribution >= 0.6 is 38.9 Å². The van der Waals surface area contributed by atoms with Crippen molar-refractivity contribution in [1.82, 2.24) is 9.55 Å². The molecule has 7 nitrogen and oxygen atoms in total. The smallest absolute Gasteiger partial charge is 0.349 e. The summed E-state index contributed by atoms with van der Waals surface area (Å²) in [5.41, 5.74) is 3.26. The Labute approximate surface area is 236 Å². The largest absolute Gasteiger partial charge is 0.497 e.